The van der Waals surface area contributed by atoms with E-state index in [2.05, 4.69) is 20.8 Å². The van der Waals surface area contributed by atoms with Gasteiger partial charge in [-0.05, 0) is 53.2 Å². The van der Waals surface area contributed by atoms with E-state index >= 15 is 0 Å². The van der Waals surface area contributed by atoms with Crippen molar-refractivity contribution in [2.45, 2.75) is 25.3 Å². The maximum absolute atomic E-state index is 14.4. The Kier molecular flexibility index (Phi) is 2.81. The van der Waals surface area contributed by atoms with Gasteiger partial charge in [0.05, 0.1) is 10.2 Å². The Labute approximate surface area is 114 Å². The summed E-state index contributed by atoms with van der Waals surface area (Å²) in [6.07, 6.45) is 3.62. The van der Waals surface area contributed by atoms with Crippen LogP contribution in [0.25, 0.3) is 0 Å². The predicted octanol–water partition coefficient (Wildman–Crippen LogP) is 2.86. The van der Waals surface area contributed by atoms with Gasteiger partial charge in [-0.15, -0.1) is 0 Å². The average Bonchev–Trinajstić information content (AvgIpc) is 2.94. The molecule has 1 saturated heterocycles. The smallest absolute Gasteiger partial charge is 0.161 e. The Morgan fingerprint density at radius 3 is 2.78 bits per heavy atom. The molecule has 18 heavy (non-hydrogen) atoms. The van der Waals surface area contributed by atoms with Gasteiger partial charge in [-0.1, -0.05) is 0 Å². The van der Waals surface area contributed by atoms with Crippen molar-refractivity contribution in [3.8, 4) is 0 Å². The van der Waals surface area contributed by atoms with Crippen LogP contribution in [0, 0.1) is 17.1 Å². The number of nitrogen functional groups attached to an aromatic ring is 1. The SMILES string of the molecule is N=C(N)c1ccc(N2CC3CCC2C3)c(F)c1Br. The lowest BCUT2D eigenvalue weighted by atomic mass is 10.1. The lowest BCUT2D eigenvalue weighted by Crippen LogP contribution is -2.32. The average molecular weight is 312 g/mol. The van der Waals surface area contributed by atoms with Gasteiger partial charge in [-0.3, -0.25) is 5.41 Å². The second-order valence-corrected chi connectivity index (χ2v) is 5.95. The van der Waals surface area contributed by atoms with E-state index in [1.165, 1.54) is 12.8 Å². The van der Waals surface area contributed by atoms with Crippen LogP contribution in [0.15, 0.2) is 16.6 Å². The van der Waals surface area contributed by atoms with E-state index in [9.17, 15) is 4.39 Å². The molecule has 1 saturated carbocycles. The van der Waals surface area contributed by atoms with Crippen LogP contribution in [0.2, 0.25) is 0 Å². The van der Waals surface area contributed by atoms with Gasteiger partial charge in [0, 0.05) is 18.2 Å². The summed E-state index contributed by atoms with van der Waals surface area (Å²) < 4.78 is 14.7. The normalized spacial score (nSPS) is 25.8. The fourth-order valence-corrected chi connectivity index (χ4v) is 3.74. The highest BCUT2D eigenvalue weighted by atomic mass is 79.9. The highest BCUT2D eigenvalue weighted by Gasteiger charge is 2.39. The van der Waals surface area contributed by atoms with Gasteiger partial charge in [0.25, 0.3) is 0 Å². The molecule has 3 N–H and O–H groups in total. The summed E-state index contributed by atoms with van der Waals surface area (Å²) in [6.45, 7) is 0.952. The first-order valence-corrected chi connectivity index (χ1v) is 6.96. The van der Waals surface area contributed by atoms with Crippen LogP contribution in [0.3, 0.4) is 0 Å². The second kappa shape index (κ2) is 4.23. The highest BCUT2D eigenvalue weighted by molar-refractivity contribution is 9.10. The molecule has 2 bridgehead atoms. The number of hydrogen-bond acceptors (Lipinski definition) is 2. The van der Waals surface area contributed by atoms with E-state index in [1.54, 1.807) is 12.1 Å². The molecule has 2 aliphatic rings. The number of anilines is 1. The van der Waals surface area contributed by atoms with Gasteiger partial charge in [0.1, 0.15) is 5.84 Å². The Morgan fingerprint density at radius 1 is 1.44 bits per heavy atom. The topological polar surface area (TPSA) is 53.1 Å². The Morgan fingerprint density at radius 2 is 2.22 bits per heavy atom. The molecule has 2 atom stereocenters. The molecule has 2 fully saturated rings. The third kappa shape index (κ3) is 1.72. The Hall–Kier alpha value is -1.10. The van der Waals surface area contributed by atoms with Gasteiger partial charge in [-0.25, -0.2) is 4.39 Å². The standard InChI is InChI=1S/C13H15BrFN3/c14-11-9(13(16)17)3-4-10(12(11)15)18-6-7-1-2-8(18)5-7/h3-4,7-8H,1-2,5-6H2,(H3,16,17). The zero-order valence-electron chi connectivity index (χ0n) is 9.92. The van der Waals surface area contributed by atoms with Crippen molar-refractivity contribution in [3.05, 3.63) is 28.0 Å². The first-order valence-electron chi connectivity index (χ1n) is 6.17. The first-order chi connectivity index (χ1) is 8.58. The van der Waals surface area contributed by atoms with Crippen LogP contribution >= 0.6 is 15.9 Å². The summed E-state index contributed by atoms with van der Waals surface area (Å²) in [5, 5.41) is 7.40. The van der Waals surface area contributed by atoms with Crippen molar-refractivity contribution in [1.82, 2.24) is 0 Å². The van der Waals surface area contributed by atoms with Gasteiger partial charge >= 0.3 is 0 Å². The number of nitrogens with one attached hydrogen (secondary N) is 1. The number of amidine groups is 1. The number of fused-ring (bicyclic) bond motifs is 2. The largest absolute Gasteiger partial charge is 0.384 e. The Balaban J connectivity index is 1.99. The van der Waals surface area contributed by atoms with Crippen LogP contribution in [0.4, 0.5) is 10.1 Å². The highest BCUT2D eigenvalue weighted by Crippen LogP contribution is 2.42. The van der Waals surface area contributed by atoms with Gasteiger partial charge in [-0.2, -0.15) is 0 Å². The van der Waals surface area contributed by atoms with Gasteiger partial charge in [0.15, 0.2) is 5.82 Å². The van der Waals surface area contributed by atoms with Gasteiger partial charge in [0.2, 0.25) is 0 Å². The van der Waals surface area contributed by atoms with Crippen LogP contribution in [0.5, 0.6) is 0 Å². The van der Waals surface area contributed by atoms with Crippen LogP contribution in [0.1, 0.15) is 24.8 Å². The molecular formula is C13H15BrFN3. The van der Waals surface area contributed by atoms with Crippen molar-refractivity contribution >= 4 is 27.5 Å². The molecular weight excluding hydrogens is 297 g/mol. The fraction of sp³-hybridized carbons (Fsp3) is 0.462. The molecule has 0 spiro atoms. The molecule has 96 valence electrons. The zero-order valence-corrected chi connectivity index (χ0v) is 11.5. The molecule has 2 unspecified atom stereocenters. The summed E-state index contributed by atoms with van der Waals surface area (Å²) in [5.41, 5.74) is 6.48. The maximum atomic E-state index is 14.4. The van der Waals surface area contributed by atoms with Crippen molar-refractivity contribution < 1.29 is 4.39 Å². The summed E-state index contributed by atoms with van der Waals surface area (Å²) in [5.74, 6) is 0.311. The minimum Gasteiger partial charge on any atom is -0.384 e. The van der Waals surface area contributed by atoms with Crippen molar-refractivity contribution in [2.24, 2.45) is 11.7 Å². The molecule has 1 aliphatic heterocycles. The van der Waals surface area contributed by atoms with Crippen LogP contribution in [-0.2, 0) is 0 Å². The molecule has 1 aliphatic carbocycles. The molecule has 0 amide bonds. The molecule has 3 nitrogen and oxygen atoms in total. The van der Waals surface area contributed by atoms with E-state index in [0.717, 1.165) is 18.9 Å². The summed E-state index contributed by atoms with van der Waals surface area (Å²) >= 11 is 3.21. The number of halogens is 2. The van der Waals surface area contributed by atoms with Crippen molar-refractivity contribution in [2.75, 3.05) is 11.4 Å². The minimum atomic E-state index is -0.296. The van der Waals surface area contributed by atoms with E-state index in [4.69, 9.17) is 11.1 Å². The van der Waals surface area contributed by atoms with Crippen LogP contribution in [-0.4, -0.2) is 18.4 Å². The minimum absolute atomic E-state index is 0.115. The summed E-state index contributed by atoms with van der Waals surface area (Å²) in [7, 11) is 0. The first kappa shape index (κ1) is 12.0. The lowest BCUT2D eigenvalue weighted by Gasteiger charge is -2.30. The summed E-state index contributed by atoms with van der Waals surface area (Å²) in [4.78, 5) is 2.16. The Bertz CT molecular complexity index is 517. The van der Waals surface area contributed by atoms with Crippen molar-refractivity contribution in [1.29, 1.82) is 5.41 Å². The van der Waals surface area contributed by atoms with E-state index in [1.807, 2.05) is 0 Å². The molecule has 1 heterocycles. The third-order valence-corrected chi connectivity index (χ3v) is 4.85. The second-order valence-electron chi connectivity index (χ2n) is 5.16. The molecule has 1 aromatic carbocycles. The predicted molar refractivity (Wildman–Crippen MR) is 73.6 cm³/mol. The van der Waals surface area contributed by atoms with E-state index < -0.39 is 0 Å². The number of piperidine rings is 1. The number of hydrogen-bond donors (Lipinski definition) is 2. The maximum Gasteiger partial charge on any atom is 0.161 e. The van der Waals surface area contributed by atoms with Crippen LogP contribution < -0.4 is 10.6 Å². The molecule has 3 rings (SSSR count). The molecule has 5 heteroatoms. The lowest BCUT2D eigenvalue weighted by molar-refractivity contribution is 0.539. The molecule has 0 radical (unpaired) electrons. The van der Waals surface area contributed by atoms with E-state index in [0.29, 0.717) is 21.8 Å². The van der Waals surface area contributed by atoms with Gasteiger partial charge < -0.3 is 10.6 Å². The zero-order chi connectivity index (χ0) is 12.9. The quantitative estimate of drug-likeness (QED) is 0.652. The molecule has 1 aromatic rings. The van der Waals surface area contributed by atoms with E-state index in [-0.39, 0.29) is 11.7 Å². The fourth-order valence-electron chi connectivity index (χ4n) is 3.19. The number of nitrogens with zero attached hydrogens (tertiary/aromatic N) is 1. The molecule has 0 aromatic heterocycles. The van der Waals surface area contributed by atoms with Crippen molar-refractivity contribution in [3.63, 3.8) is 0 Å². The number of benzene rings is 1. The number of nitrogens with two attached hydrogens (primary N) is 1. The summed E-state index contributed by atoms with van der Waals surface area (Å²) in [6, 6.07) is 3.95. The third-order valence-electron chi connectivity index (χ3n) is 4.07. The number of rotatable bonds is 2. The monoisotopic (exact) mass is 311 g/mol.